The zero-order valence-electron chi connectivity index (χ0n) is 12.7. The second-order valence-electron chi connectivity index (χ2n) is 7.07. The molecule has 0 spiro atoms. The molecule has 0 unspecified atom stereocenters. The number of rotatable bonds is 4. The number of halogens is 1. The van der Waals surface area contributed by atoms with E-state index in [1.807, 2.05) is 0 Å². The van der Waals surface area contributed by atoms with Gasteiger partial charge < -0.3 is 0 Å². The van der Waals surface area contributed by atoms with Crippen LogP contribution in [0.5, 0.6) is 0 Å². The highest BCUT2D eigenvalue weighted by molar-refractivity contribution is 5.27. The lowest BCUT2D eigenvalue weighted by Gasteiger charge is -2.22. The molecule has 0 saturated carbocycles. The van der Waals surface area contributed by atoms with Crippen LogP contribution in [0.4, 0.5) is 0 Å². The molecule has 0 aromatic rings. The van der Waals surface area contributed by atoms with Gasteiger partial charge in [0.2, 0.25) is 0 Å². The molecule has 2 aliphatic carbocycles. The Balaban J connectivity index is 1.74. The fourth-order valence-corrected chi connectivity index (χ4v) is 4.84. The van der Waals surface area contributed by atoms with Crippen molar-refractivity contribution in [2.24, 2.45) is 10.8 Å². The van der Waals surface area contributed by atoms with Gasteiger partial charge in [-0.15, -0.1) is 0 Å². The molecule has 0 aliphatic heterocycles. The Morgan fingerprint density at radius 1 is 0.842 bits per heavy atom. The van der Waals surface area contributed by atoms with Crippen LogP contribution >= 0.6 is 0 Å². The standard InChI is InChI=1S/C18H26I/c1-17(2)9-5-15(6-10-17)13-19-14-16-7-11-18(3,4)12-8-16/h5-9,11H,10,12-14H2,1-4H3/q+1. The third kappa shape index (κ3) is 4.94. The maximum absolute atomic E-state index is 2.45. The maximum Gasteiger partial charge on any atom is 0.278 e. The molecule has 104 valence electrons. The van der Waals surface area contributed by atoms with Crippen LogP contribution in [0.1, 0.15) is 40.5 Å². The van der Waals surface area contributed by atoms with Crippen LogP contribution in [0.15, 0.2) is 47.6 Å². The molecular formula is C18H26I+. The van der Waals surface area contributed by atoms with Crippen LogP contribution in [0.2, 0.25) is 0 Å². The quantitative estimate of drug-likeness (QED) is 0.525. The highest BCUT2D eigenvalue weighted by atomic mass is 127. The van der Waals surface area contributed by atoms with Gasteiger partial charge in [0.15, 0.2) is 8.86 Å². The predicted molar refractivity (Wildman–Crippen MR) is 81.0 cm³/mol. The summed E-state index contributed by atoms with van der Waals surface area (Å²) < 4.78 is 2.67. The Hall–Kier alpha value is -0.310. The molecule has 0 amide bonds. The minimum atomic E-state index is 0.272. The van der Waals surface area contributed by atoms with E-state index in [0.29, 0.717) is 10.8 Å². The first-order valence-corrected chi connectivity index (χ1v) is 10.2. The molecule has 0 atom stereocenters. The van der Waals surface area contributed by atoms with Crippen LogP contribution in [0.3, 0.4) is 0 Å². The fraction of sp³-hybridized carbons (Fsp3) is 0.556. The number of alkyl halides is 2. The molecule has 1 heteroatoms. The zero-order valence-corrected chi connectivity index (χ0v) is 14.8. The van der Waals surface area contributed by atoms with Gasteiger partial charge in [-0.1, -0.05) is 64.2 Å². The summed E-state index contributed by atoms with van der Waals surface area (Å²) in [5, 5.41) is 0. The van der Waals surface area contributed by atoms with E-state index in [0.717, 1.165) is 0 Å². The first-order valence-electron chi connectivity index (χ1n) is 7.16. The van der Waals surface area contributed by atoms with Crippen molar-refractivity contribution >= 4 is 0 Å². The van der Waals surface area contributed by atoms with Crippen LogP contribution in [-0.2, 0) is 0 Å². The van der Waals surface area contributed by atoms with Crippen LogP contribution in [-0.4, -0.2) is 8.86 Å². The summed E-state index contributed by atoms with van der Waals surface area (Å²) in [5.74, 6) is 0. The van der Waals surface area contributed by atoms with E-state index < -0.39 is 0 Å². The van der Waals surface area contributed by atoms with E-state index >= 15 is 0 Å². The summed E-state index contributed by atoms with van der Waals surface area (Å²) >= 11 is 0.272. The highest BCUT2D eigenvalue weighted by Gasteiger charge is 2.21. The minimum absolute atomic E-state index is 0.272. The molecule has 0 radical (unpaired) electrons. The van der Waals surface area contributed by atoms with Crippen molar-refractivity contribution in [3.05, 3.63) is 47.6 Å². The lowest BCUT2D eigenvalue weighted by atomic mass is 9.84. The van der Waals surface area contributed by atoms with Gasteiger partial charge in [-0.2, -0.15) is 0 Å². The van der Waals surface area contributed by atoms with E-state index in [-0.39, 0.29) is 21.2 Å². The van der Waals surface area contributed by atoms with Gasteiger partial charge in [-0.3, -0.25) is 0 Å². The first-order chi connectivity index (χ1) is 8.86. The summed E-state index contributed by atoms with van der Waals surface area (Å²) in [4.78, 5) is 0. The Morgan fingerprint density at radius 2 is 1.26 bits per heavy atom. The Bertz CT molecular complexity index is 402. The summed E-state index contributed by atoms with van der Waals surface area (Å²) in [6.07, 6.45) is 16.8. The largest absolute Gasteiger partial charge is 0.278 e. The van der Waals surface area contributed by atoms with E-state index in [1.165, 1.54) is 21.7 Å². The second-order valence-corrected chi connectivity index (χ2v) is 9.67. The third-order valence-corrected chi connectivity index (χ3v) is 6.62. The van der Waals surface area contributed by atoms with Gasteiger partial charge in [-0.05, 0) is 34.8 Å². The van der Waals surface area contributed by atoms with Crippen molar-refractivity contribution in [1.82, 2.24) is 0 Å². The molecule has 0 saturated heterocycles. The second kappa shape index (κ2) is 5.99. The van der Waals surface area contributed by atoms with Crippen molar-refractivity contribution in [1.29, 1.82) is 0 Å². The number of allylic oxidation sites excluding steroid dienone is 8. The van der Waals surface area contributed by atoms with Gasteiger partial charge in [0, 0.05) is 0 Å². The molecule has 0 heterocycles. The van der Waals surface area contributed by atoms with E-state index in [4.69, 9.17) is 0 Å². The SMILES string of the molecule is CC1(C)C=CC(C[I+]CC2=CCC(C)(C)C=C2)=CC1. The molecule has 0 aromatic carbocycles. The molecule has 0 N–H and O–H groups in total. The van der Waals surface area contributed by atoms with Crippen molar-refractivity contribution in [3.8, 4) is 0 Å². The summed E-state index contributed by atoms with van der Waals surface area (Å²) in [6.45, 7) is 9.24. The molecule has 0 nitrogen and oxygen atoms in total. The van der Waals surface area contributed by atoms with E-state index in [2.05, 4.69) is 64.2 Å². The third-order valence-electron chi connectivity index (χ3n) is 3.78. The van der Waals surface area contributed by atoms with Gasteiger partial charge in [-0.25, -0.2) is 0 Å². The normalized spacial score (nSPS) is 24.0. The van der Waals surface area contributed by atoms with Crippen molar-refractivity contribution < 1.29 is 21.2 Å². The molecular weight excluding hydrogens is 343 g/mol. The molecule has 2 rings (SSSR count). The number of hydrogen-bond donors (Lipinski definition) is 0. The van der Waals surface area contributed by atoms with Crippen molar-refractivity contribution in [2.45, 2.75) is 40.5 Å². The molecule has 19 heavy (non-hydrogen) atoms. The van der Waals surface area contributed by atoms with Crippen LogP contribution < -0.4 is 21.2 Å². The molecule has 2 aliphatic rings. The van der Waals surface area contributed by atoms with E-state index in [1.54, 1.807) is 11.1 Å². The minimum Gasteiger partial charge on any atom is -0.0781 e. The van der Waals surface area contributed by atoms with Gasteiger partial charge in [0.25, 0.3) is 21.2 Å². The Labute approximate surface area is 129 Å². The smallest absolute Gasteiger partial charge is 0.0781 e. The Kier molecular flexibility index (Phi) is 4.75. The summed E-state index contributed by atoms with van der Waals surface area (Å²) in [7, 11) is 0. The Morgan fingerprint density at radius 3 is 1.58 bits per heavy atom. The van der Waals surface area contributed by atoms with Gasteiger partial charge in [0.1, 0.15) is 0 Å². The van der Waals surface area contributed by atoms with Gasteiger partial charge in [0.05, 0.1) is 0 Å². The average Bonchev–Trinajstić information content (AvgIpc) is 2.33. The van der Waals surface area contributed by atoms with Crippen molar-refractivity contribution in [3.63, 3.8) is 0 Å². The van der Waals surface area contributed by atoms with Crippen LogP contribution in [0.25, 0.3) is 0 Å². The van der Waals surface area contributed by atoms with Gasteiger partial charge >= 0.3 is 0 Å². The predicted octanol–water partition coefficient (Wildman–Crippen LogP) is 1.90. The molecule has 0 fully saturated rings. The van der Waals surface area contributed by atoms with Crippen LogP contribution in [0, 0.1) is 10.8 Å². The molecule has 0 aromatic heterocycles. The zero-order chi connectivity index (χ0) is 13.9. The highest BCUT2D eigenvalue weighted by Crippen LogP contribution is 2.28. The lowest BCUT2D eigenvalue weighted by molar-refractivity contribution is -0.639. The molecule has 0 bridgehead atoms. The first kappa shape index (κ1) is 15.1. The number of hydrogen-bond acceptors (Lipinski definition) is 0. The summed E-state index contributed by atoms with van der Waals surface area (Å²) in [6, 6.07) is 0. The van der Waals surface area contributed by atoms with E-state index in [9.17, 15) is 0 Å². The average molecular weight is 369 g/mol. The topological polar surface area (TPSA) is 0 Å². The summed E-state index contributed by atoms with van der Waals surface area (Å²) in [5.41, 5.74) is 3.91. The fourth-order valence-electron chi connectivity index (χ4n) is 2.19. The monoisotopic (exact) mass is 369 g/mol. The lowest BCUT2D eigenvalue weighted by Crippen LogP contribution is -3.63. The van der Waals surface area contributed by atoms with Crippen molar-refractivity contribution in [2.75, 3.05) is 8.86 Å². The maximum atomic E-state index is 2.45.